The summed E-state index contributed by atoms with van der Waals surface area (Å²) in [6.45, 7) is 6.55. The number of nitrogens with one attached hydrogen (secondary N) is 1. The molecule has 0 radical (unpaired) electrons. The molecule has 0 bridgehead atoms. The van der Waals surface area contributed by atoms with E-state index in [2.05, 4.69) is 35.9 Å². The van der Waals surface area contributed by atoms with Crippen molar-refractivity contribution in [2.75, 3.05) is 13.1 Å². The SMILES string of the molecule is CC(C)Cn1c2c(c3cc(C(=O)NCCN)ccc31)CCCC2. The van der Waals surface area contributed by atoms with Gasteiger partial charge in [0.25, 0.3) is 5.91 Å². The lowest BCUT2D eigenvalue weighted by molar-refractivity contribution is 0.0955. The Bertz CT molecular complexity index is 715. The van der Waals surface area contributed by atoms with Gasteiger partial charge >= 0.3 is 0 Å². The second-order valence-electron chi connectivity index (χ2n) is 6.91. The van der Waals surface area contributed by atoms with E-state index < -0.39 is 0 Å². The van der Waals surface area contributed by atoms with Crippen molar-refractivity contribution in [2.24, 2.45) is 11.7 Å². The Morgan fingerprint density at radius 2 is 2.09 bits per heavy atom. The Hall–Kier alpha value is -1.81. The highest BCUT2D eigenvalue weighted by Gasteiger charge is 2.21. The van der Waals surface area contributed by atoms with Crippen LogP contribution in [0, 0.1) is 5.92 Å². The molecular weight excluding hydrogens is 286 g/mol. The zero-order chi connectivity index (χ0) is 16.4. The number of hydrogen-bond acceptors (Lipinski definition) is 2. The molecule has 0 saturated carbocycles. The number of amides is 1. The van der Waals surface area contributed by atoms with Crippen LogP contribution in [-0.2, 0) is 19.4 Å². The van der Waals surface area contributed by atoms with Gasteiger partial charge in [-0.25, -0.2) is 0 Å². The molecule has 1 aliphatic carbocycles. The summed E-state index contributed by atoms with van der Waals surface area (Å²) in [5.41, 5.74) is 10.4. The fourth-order valence-electron chi connectivity index (χ4n) is 3.64. The number of benzene rings is 1. The number of nitrogens with two attached hydrogens (primary N) is 1. The number of hydrogen-bond donors (Lipinski definition) is 2. The number of rotatable bonds is 5. The van der Waals surface area contributed by atoms with Gasteiger partial charge in [-0.05, 0) is 55.4 Å². The van der Waals surface area contributed by atoms with E-state index in [1.807, 2.05) is 6.07 Å². The lowest BCUT2D eigenvalue weighted by Gasteiger charge is -2.17. The maximum absolute atomic E-state index is 12.2. The number of aryl methyl sites for hydroxylation is 1. The van der Waals surface area contributed by atoms with E-state index in [0.717, 1.165) is 24.9 Å². The van der Waals surface area contributed by atoms with Crippen molar-refractivity contribution in [3.8, 4) is 0 Å². The molecule has 1 aliphatic rings. The third-order valence-corrected chi connectivity index (χ3v) is 4.62. The normalized spacial score (nSPS) is 14.3. The van der Waals surface area contributed by atoms with Crippen LogP contribution in [0.4, 0.5) is 0 Å². The molecule has 0 saturated heterocycles. The van der Waals surface area contributed by atoms with Crippen LogP contribution in [0.2, 0.25) is 0 Å². The monoisotopic (exact) mass is 313 g/mol. The Kier molecular flexibility index (Phi) is 4.71. The minimum atomic E-state index is -0.0291. The number of carbonyl (C=O) groups is 1. The van der Waals surface area contributed by atoms with E-state index in [0.29, 0.717) is 19.0 Å². The van der Waals surface area contributed by atoms with Crippen LogP contribution in [0.25, 0.3) is 10.9 Å². The highest BCUT2D eigenvalue weighted by molar-refractivity contribution is 5.99. The van der Waals surface area contributed by atoms with Gasteiger partial charge in [0.2, 0.25) is 0 Å². The average Bonchev–Trinajstić information content (AvgIpc) is 2.86. The van der Waals surface area contributed by atoms with Crippen molar-refractivity contribution in [1.29, 1.82) is 0 Å². The molecular formula is C19H27N3O. The molecule has 3 rings (SSSR count). The van der Waals surface area contributed by atoms with Crippen molar-refractivity contribution in [3.63, 3.8) is 0 Å². The zero-order valence-corrected chi connectivity index (χ0v) is 14.2. The second-order valence-corrected chi connectivity index (χ2v) is 6.91. The minimum absolute atomic E-state index is 0.0291. The summed E-state index contributed by atoms with van der Waals surface area (Å²) in [6, 6.07) is 6.13. The van der Waals surface area contributed by atoms with Gasteiger partial charge in [0.1, 0.15) is 0 Å². The van der Waals surface area contributed by atoms with Gasteiger partial charge < -0.3 is 15.6 Å². The Labute approximate surface area is 138 Å². The van der Waals surface area contributed by atoms with Crippen molar-refractivity contribution in [2.45, 2.75) is 46.1 Å². The Morgan fingerprint density at radius 3 is 2.83 bits per heavy atom. The maximum Gasteiger partial charge on any atom is 0.251 e. The molecule has 2 aromatic rings. The van der Waals surface area contributed by atoms with Crippen molar-refractivity contribution in [3.05, 3.63) is 35.0 Å². The van der Waals surface area contributed by atoms with Crippen LogP contribution in [0.5, 0.6) is 0 Å². The summed E-state index contributed by atoms with van der Waals surface area (Å²) >= 11 is 0. The molecule has 1 heterocycles. The lowest BCUT2D eigenvalue weighted by atomic mass is 9.95. The minimum Gasteiger partial charge on any atom is -0.351 e. The summed E-state index contributed by atoms with van der Waals surface area (Å²) < 4.78 is 2.48. The molecule has 4 nitrogen and oxygen atoms in total. The van der Waals surface area contributed by atoms with Crippen LogP contribution in [0.15, 0.2) is 18.2 Å². The first-order valence-corrected chi connectivity index (χ1v) is 8.74. The summed E-state index contributed by atoms with van der Waals surface area (Å²) in [5.74, 6) is 0.586. The molecule has 0 aliphatic heterocycles. The molecule has 1 aromatic carbocycles. The van der Waals surface area contributed by atoms with E-state index in [9.17, 15) is 4.79 Å². The van der Waals surface area contributed by atoms with Crippen molar-refractivity contribution >= 4 is 16.8 Å². The standard InChI is InChI=1S/C19H27N3O/c1-13(2)12-22-17-6-4-3-5-15(17)16-11-14(7-8-18(16)22)19(23)21-10-9-20/h7-8,11,13H,3-6,9-10,12,20H2,1-2H3,(H,21,23). The molecule has 124 valence electrons. The fourth-order valence-corrected chi connectivity index (χ4v) is 3.64. The summed E-state index contributed by atoms with van der Waals surface area (Å²) in [5, 5.41) is 4.13. The van der Waals surface area contributed by atoms with Crippen LogP contribution in [0.1, 0.15) is 48.3 Å². The van der Waals surface area contributed by atoms with E-state index in [-0.39, 0.29) is 5.91 Å². The quantitative estimate of drug-likeness (QED) is 0.891. The molecule has 0 spiro atoms. The summed E-state index contributed by atoms with van der Waals surface area (Å²) in [6.07, 6.45) is 4.80. The van der Waals surface area contributed by atoms with Crippen molar-refractivity contribution < 1.29 is 4.79 Å². The Morgan fingerprint density at radius 1 is 1.30 bits per heavy atom. The highest BCUT2D eigenvalue weighted by atomic mass is 16.1. The third-order valence-electron chi connectivity index (χ3n) is 4.62. The van der Waals surface area contributed by atoms with Crippen LogP contribution < -0.4 is 11.1 Å². The molecule has 0 atom stereocenters. The summed E-state index contributed by atoms with van der Waals surface area (Å²) in [7, 11) is 0. The van der Waals surface area contributed by atoms with Gasteiger partial charge in [-0.1, -0.05) is 13.8 Å². The van der Waals surface area contributed by atoms with E-state index in [1.165, 1.54) is 35.0 Å². The van der Waals surface area contributed by atoms with Gasteiger partial charge in [-0.3, -0.25) is 4.79 Å². The van der Waals surface area contributed by atoms with Crippen molar-refractivity contribution in [1.82, 2.24) is 9.88 Å². The Balaban J connectivity index is 2.06. The molecule has 3 N–H and O–H groups in total. The molecule has 23 heavy (non-hydrogen) atoms. The zero-order valence-electron chi connectivity index (χ0n) is 14.2. The van der Waals surface area contributed by atoms with Gasteiger partial charge in [-0.15, -0.1) is 0 Å². The van der Waals surface area contributed by atoms with Crippen LogP contribution >= 0.6 is 0 Å². The summed E-state index contributed by atoms with van der Waals surface area (Å²) in [4.78, 5) is 12.2. The molecule has 1 amide bonds. The topological polar surface area (TPSA) is 60.0 Å². The molecule has 0 fully saturated rings. The van der Waals surface area contributed by atoms with Crippen LogP contribution in [0.3, 0.4) is 0 Å². The maximum atomic E-state index is 12.2. The van der Waals surface area contributed by atoms with E-state index in [1.54, 1.807) is 0 Å². The van der Waals surface area contributed by atoms with Crippen LogP contribution in [-0.4, -0.2) is 23.6 Å². The fraction of sp³-hybridized carbons (Fsp3) is 0.526. The molecule has 4 heteroatoms. The van der Waals surface area contributed by atoms with Gasteiger partial charge in [-0.2, -0.15) is 0 Å². The van der Waals surface area contributed by atoms with Gasteiger partial charge in [0, 0.05) is 41.8 Å². The predicted octanol–water partition coefficient (Wildman–Crippen LogP) is 2.86. The predicted molar refractivity (Wildman–Crippen MR) is 94.8 cm³/mol. The second kappa shape index (κ2) is 6.75. The van der Waals surface area contributed by atoms with Gasteiger partial charge in [0.15, 0.2) is 0 Å². The first kappa shape index (κ1) is 16.1. The van der Waals surface area contributed by atoms with Gasteiger partial charge in [0.05, 0.1) is 0 Å². The van der Waals surface area contributed by atoms with E-state index >= 15 is 0 Å². The first-order chi connectivity index (χ1) is 11.1. The number of carbonyl (C=O) groups excluding carboxylic acids is 1. The third kappa shape index (κ3) is 3.13. The molecule has 1 aromatic heterocycles. The largest absolute Gasteiger partial charge is 0.351 e. The molecule has 0 unspecified atom stereocenters. The first-order valence-electron chi connectivity index (χ1n) is 8.74. The highest BCUT2D eigenvalue weighted by Crippen LogP contribution is 2.33. The number of aromatic nitrogens is 1. The average molecular weight is 313 g/mol. The van der Waals surface area contributed by atoms with E-state index in [4.69, 9.17) is 5.73 Å². The smallest absolute Gasteiger partial charge is 0.251 e. The number of nitrogens with zero attached hydrogens (tertiary/aromatic N) is 1. The lowest BCUT2D eigenvalue weighted by Crippen LogP contribution is -2.28. The number of fused-ring (bicyclic) bond motifs is 3.